The molecule has 0 spiro atoms. The lowest BCUT2D eigenvalue weighted by Gasteiger charge is -2.29. The Morgan fingerprint density at radius 3 is 3.06 bits per heavy atom. The van der Waals surface area contributed by atoms with Crippen LogP contribution in [0.4, 0.5) is 0 Å². The summed E-state index contributed by atoms with van der Waals surface area (Å²) >= 11 is 6.06. The van der Waals surface area contributed by atoms with E-state index in [2.05, 4.69) is 36.2 Å². The smallest absolute Gasteiger partial charge is 0.0409 e. The Balaban J connectivity index is 2.10. The van der Waals surface area contributed by atoms with Gasteiger partial charge in [-0.2, -0.15) is 0 Å². The number of hydrogen-bond donors (Lipinski definition) is 1. The summed E-state index contributed by atoms with van der Waals surface area (Å²) in [6.07, 6.45) is 1.22. The minimum absolute atomic E-state index is 0.441. The maximum Gasteiger partial charge on any atom is 0.0409 e. The van der Waals surface area contributed by atoms with Gasteiger partial charge in [0.15, 0.2) is 0 Å². The van der Waals surface area contributed by atoms with Gasteiger partial charge in [-0.05, 0) is 44.5 Å². The summed E-state index contributed by atoms with van der Waals surface area (Å²) in [4.78, 5) is 2.54. The van der Waals surface area contributed by atoms with Crippen molar-refractivity contribution in [2.75, 3.05) is 19.6 Å². The third-order valence-electron chi connectivity index (χ3n) is 3.50. The molecule has 1 aromatic rings. The summed E-state index contributed by atoms with van der Waals surface area (Å²) in [6.45, 7) is 7.91. The van der Waals surface area contributed by atoms with Gasteiger partial charge in [0, 0.05) is 30.2 Å². The van der Waals surface area contributed by atoms with E-state index in [1.54, 1.807) is 0 Å². The Hall–Kier alpha value is -0.570. The molecule has 1 heterocycles. The first-order chi connectivity index (χ1) is 8.16. The summed E-state index contributed by atoms with van der Waals surface area (Å²) in [5.74, 6) is 0. The highest BCUT2D eigenvalue weighted by molar-refractivity contribution is 6.30. The van der Waals surface area contributed by atoms with Gasteiger partial charge < -0.3 is 5.32 Å². The van der Waals surface area contributed by atoms with Gasteiger partial charge in [0.1, 0.15) is 0 Å². The van der Waals surface area contributed by atoms with Crippen LogP contribution < -0.4 is 5.32 Å². The van der Waals surface area contributed by atoms with Crippen LogP contribution in [0.5, 0.6) is 0 Å². The van der Waals surface area contributed by atoms with Crippen molar-refractivity contribution in [3.8, 4) is 0 Å². The van der Waals surface area contributed by atoms with Crippen LogP contribution in [-0.4, -0.2) is 30.6 Å². The molecule has 0 radical (unpaired) electrons. The lowest BCUT2D eigenvalue weighted by atomic mass is 10.1. The van der Waals surface area contributed by atoms with Crippen LogP contribution in [0.1, 0.15) is 31.9 Å². The Kier molecular flexibility index (Phi) is 4.43. The van der Waals surface area contributed by atoms with E-state index in [1.165, 1.54) is 12.0 Å². The van der Waals surface area contributed by atoms with Crippen LogP contribution in [0.15, 0.2) is 24.3 Å². The van der Waals surface area contributed by atoms with E-state index in [-0.39, 0.29) is 0 Å². The Morgan fingerprint density at radius 2 is 2.29 bits per heavy atom. The summed E-state index contributed by atoms with van der Waals surface area (Å²) in [5, 5.41) is 4.35. The lowest BCUT2D eigenvalue weighted by molar-refractivity contribution is 0.210. The molecule has 2 unspecified atom stereocenters. The monoisotopic (exact) mass is 252 g/mol. The molecule has 1 saturated heterocycles. The van der Waals surface area contributed by atoms with E-state index in [0.29, 0.717) is 12.1 Å². The highest BCUT2D eigenvalue weighted by Crippen LogP contribution is 2.23. The Bertz CT molecular complexity index is 367. The maximum atomic E-state index is 6.06. The van der Waals surface area contributed by atoms with Gasteiger partial charge in [-0.15, -0.1) is 0 Å². The van der Waals surface area contributed by atoms with Crippen molar-refractivity contribution in [3.05, 3.63) is 34.9 Å². The minimum atomic E-state index is 0.441. The quantitative estimate of drug-likeness (QED) is 0.870. The van der Waals surface area contributed by atoms with Crippen LogP contribution in [0.2, 0.25) is 5.02 Å². The molecule has 2 rings (SSSR count). The molecule has 0 bridgehead atoms. The molecule has 2 atom stereocenters. The number of rotatable bonds is 2. The number of halogens is 1. The molecular formula is C14H21ClN2. The first-order valence-electron chi connectivity index (χ1n) is 6.39. The fraction of sp³-hybridized carbons (Fsp3) is 0.571. The highest BCUT2D eigenvalue weighted by Gasteiger charge is 2.20. The standard InChI is InChI=1S/C14H21ClN2/c1-11-10-17(8-4-7-16-11)12(2)13-5-3-6-14(15)9-13/h3,5-6,9,11-12,16H,4,7-8,10H2,1-2H3. The molecule has 17 heavy (non-hydrogen) atoms. The fourth-order valence-electron chi connectivity index (χ4n) is 2.47. The van der Waals surface area contributed by atoms with E-state index in [9.17, 15) is 0 Å². The molecule has 1 aromatic carbocycles. The third-order valence-corrected chi connectivity index (χ3v) is 3.74. The molecule has 0 aromatic heterocycles. The van der Waals surface area contributed by atoms with Crippen molar-refractivity contribution < 1.29 is 0 Å². The molecule has 3 heteroatoms. The van der Waals surface area contributed by atoms with Crippen molar-refractivity contribution in [2.45, 2.75) is 32.4 Å². The molecule has 0 amide bonds. The van der Waals surface area contributed by atoms with Crippen LogP contribution in [0.25, 0.3) is 0 Å². The summed E-state index contributed by atoms with van der Waals surface area (Å²) < 4.78 is 0. The largest absolute Gasteiger partial charge is 0.313 e. The number of benzene rings is 1. The van der Waals surface area contributed by atoms with Gasteiger partial charge in [-0.3, -0.25) is 4.90 Å². The summed E-state index contributed by atoms with van der Waals surface area (Å²) in [7, 11) is 0. The summed E-state index contributed by atoms with van der Waals surface area (Å²) in [6, 6.07) is 9.22. The predicted octanol–water partition coefficient (Wildman–Crippen LogP) is 3.08. The molecule has 0 aliphatic carbocycles. The predicted molar refractivity (Wildman–Crippen MR) is 73.5 cm³/mol. The highest BCUT2D eigenvalue weighted by atomic mass is 35.5. The van der Waals surface area contributed by atoms with Gasteiger partial charge in [0.2, 0.25) is 0 Å². The second-order valence-electron chi connectivity index (χ2n) is 4.93. The average Bonchev–Trinajstić information content (AvgIpc) is 2.53. The number of nitrogens with zero attached hydrogens (tertiary/aromatic N) is 1. The third kappa shape index (κ3) is 3.44. The average molecular weight is 253 g/mol. The molecule has 0 saturated carbocycles. The Morgan fingerprint density at radius 1 is 1.47 bits per heavy atom. The molecule has 2 nitrogen and oxygen atoms in total. The zero-order chi connectivity index (χ0) is 12.3. The molecule has 1 aliphatic rings. The summed E-state index contributed by atoms with van der Waals surface area (Å²) in [5.41, 5.74) is 1.31. The Labute approximate surface area is 109 Å². The lowest BCUT2D eigenvalue weighted by Crippen LogP contribution is -2.36. The first-order valence-corrected chi connectivity index (χ1v) is 6.77. The van der Waals surface area contributed by atoms with Gasteiger partial charge in [0.05, 0.1) is 0 Å². The molecular weight excluding hydrogens is 232 g/mol. The van der Waals surface area contributed by atoms with Crippen molar-refractivity contribution in [2.24, 2.45) is 0 Å². The number of nitrogens with one attached hydrogen (secondary N) is 1. The van der Waals surface area contributed by atoms with Gasteiger partial charge in [-0.1, -0.05) is 23.7 Å². The second-order valence-corrected chi connectivity index (χ2v) is 5.37. The first kappa shape index (κ1) is 12.9. The van der Waals surface area contributed by atoms with Crippen molar-refractivity contribution in [1.82, 2.24) is 10.2 Å². The zero-order valence-corrected chi connectivity index (χ0v) is 11.4. The minimum Gasteiger partial charge on any atom is -0.313 e. The van der Waals surface area contributed by atoms with E-state index in [4.69, 9.17) is 11.6 Å². The molecule has 1 aliphatic heterocycles. The maximum absolute atomic E-state index is 6.06. The van der Waals surface area contributed by atoms with Gasteiger partial charge in [-0.25, -0.2) is 0 Å². The normalized spacial score (nSPS) is 24.3. The molecule has 94 valence electrons. The van der Waals surface area contributed by atoms with Crippen LogP contribution >= 0.6 is 11.6 Å². The van der Waals surface area contributed by atoms with E-state index in [0.717, 1.165) is 24.7 Å². The fourth-order valence-corrected chi connectivity index (χ4v) is 2.67. The van der Waals surface area contributed by atoms with Crippen molar-refractivity contribution >= 4 is 11.6 Å². The van der Waals surface area contributed by atoms with Crippen LogP contribution in [0, 0.1) is 0 Å². The van der Waals surface area contributed by atoms with E-state index < -0.39 is 0 Å². The SMILES string of the molecule is CC1CN(C(C)c2cccc(Cl)c2)CCCN1. The van der Waals surface area contributed by atoms with Crippen molar-refractivity contribution in [3.63, 3.8) is 0 Å². The van der Waals surface area contributed by atoms with Crippen LogP contribution in [0.3, 0.4) is 0 Å². The molecule has 1 N–H and O–H groups in total. The second kappa shape index (κ2) is 5.85. The topological polar surface area (TPSA) is 15.3 Å². The zero-order valence-electron chi connectivity index (χ0n) is 10.6. The van der Waals surface area contributed by atoms with Gasteiger partial charge >= 0.3 is 0 Å². The van der Waals surface area contributed by atoms with Crippen molar-refractivity contribution in [1.29, 1.82) is 0 Å². The van der Waals surface area contributed by atoms with E-state index in [1.807, 2.05) is 12.1 Å². The number of hydrogen-bond acceptors (Lipinski definition) is 2. The van der Waals surface area contributed by atoms with Gasteiger partial charge in [0.25, 0.3) is 0 Å². The van der Waals surface area contributed by atoms with Crippen LogP contribution in [-0.2, 0) is 0 Å². The van der Waals surface area contributed by atoms with E-state index >= 15 is 0 Å². The molecule has 1 fully saturated rings.